The van der Waals surface area contributed by atoms with Crippen molar-refractivity contribution in [2.45, 2.75) is 13.5 Å². The van der Waals surface area contributed by atoms with Gasteiger partial charge in [-0.1, -0.05) is 36.4 Å². The Kier molecular flexibility index (Phi) is 4.88. The van der Waals surface area contributed by atoms with Crippen LogP contribution in [0.5, 0.6) is 5.75 Å². The molecule has 0 bridgehead atoms. The van der Waals surface area contributed by atoms with Crippen LogP contribution in [0.2, 0.25) is 0 Å². The van der Waals surface area contributed by atoms with E-state index in [1.165, 1.54) is 12.1 Å². The Hall–Kier alpha value is -3.12. The molecule has 1 aliphatic heterocycles. The molecule has 3 aromatic rings. The molecule has 0 atom stereocenters. The van der Waals surface area contributed by atoms with Crippen LogP contribution < -0.4 is 9.46 Å². The maximum absolute atomic E-state index is 14.2. The molecule has 1 N–H and O–H groups in total. The highest BCUT2D eigenvalue weighted by Crippen LogP contribution is 2.41. The molecule has 4 nitrogen and oxygen atoms in total. The Bertz CT molecular complexity index is 1230. The zero-order valence-electron chi connectivity index (χ0n) is 16.1. The van der Waals surface area contributed by atoms with Gasteiger partial charge in [0.15, 0.2) is 0 Å². The lowest BCUT2D eigenvalue weighted by Gasteiger charge is -2.16. The average molecular weight is 409 g/mol. The summed E-state index contributed by atoms with van der Waals surface area (Å²) in [5.74, 6) is 0.407. The zero-order valence-corrected chi connectivity index (χ0v) is 16.9. The molecule has 29 heavy (non-hydrogen) atoms. The summed E-state index contributed by atoms with van der Waals surface area (Å²) in [6.07, 6.45) is 1.11. The Balaban J connectivity index is 1.96. The van der Waals surface area contributed by atoms with E-state index < -0.39 is 10.0 Å². The van der Waals surface area contributed by atoms with Crippen molar-refractivity contribution < 1.29 is 17.5 Å². The number of ether oxygens (including phenoxy) is 1. The second-order valence-corrected chi connectivity index (χ2v) is 8.79. The van der Waals surface area contributed by atoms with Gasteiger partial charge < -0.3 is 4.74 Å². The lowest BCUT2D eigenvalue weighted by Crippen LogP contribution is -2.09. The van der Waals surface area contributed by atoms with Crippen LogP contribution in [-0.4, -0.2) is 14.7 Å². The molecular formula is C23H20FNO3S. The molecule has 1 heterocycles. The van der Waals surface area contributed by atoms with E-state index in [1.54, 1.807) is 24.3 Å². The summed E-state index contributed by atoms with van der Waals surface area (Å²) in [6, 6.07) is 19.5. The number of para-hydroxylation sites is 1. The van der Waals surface area contributed by atoms with Crippen LogP contribution in [0.4, 0.5) is 10.1 Å². The van der Waals surface area contributed by atoms with Crippen molar-refractivity contribution in [2.24, 2.45) is 0 Å². The van der Waals surface area contributed by atoms with Crippen LogP contribution in [0.25, 0.3) is 11.1 Å². The van der Waals surface area contributed by atoms with Gasteiger partial charge in [-0.25, -0.2) is 12.8 Å². The van der Waals surface area contributed by atoms with Crippen molar-refractivity contribution in [1.29, 1.82) is 0 Å². The Labute approximate surface area is 169 Å². The number of anilines is 1. The number of hydrogen-bond acceptors (Lipinski definition) is 3. The van der Waals surface area contributed by atoms with Gasteiger partial charge >= 0.3 is 0 Å². The second-order valence-electron chi connectivity index (χ2n) is 7.04. The molecular weight excluding hydrogens is 389 g/mol. The van der Waals surface area contributed by atoms with Gasteiger partial charge in [0, 0.05) is 11.3 Å². The first-order valence-electron chi connectivity index (χ1n) is 9.12. The lowest BCUT2D eigenvalue weighted by molar-refractivity contribution is 0.307. The Morgan fingerprint density at radius 1 is 1.00 bits per heavy atom. The van der Waals surface area contributed by atoms with Crippen LogP contribution in [0.1, 0.15) is 29.2 Å². The molecule has 0 spiro atoms. The van der Waals surface area contributed by atoms with Gasteiger partial charge in [-0.3, -0.25) is 4.72 Å². The SMILES string of the molecule is C/C(=C1\c2cc(F)ccc2COc2ccccc21)c1cccc(NS(C)(=O)=O)c1. The van der Waals surface area contributed by atoms with Crippen molar-refractivity contribution in [3.63, 3.8) is 0 Å². The number of benzene rings is 3. The molecule has 0 radical (unpaired) electrons. The normalized spacial score (nSPS) is 14.9. The highest BCUT2D eigenvalue weighted by Gasteiger charge is 2.22. The van der Waals surface area contributed by atoms with Crippen LogP contribution in [0.3, 0.4) is 0 Å². The third kappa shape index (κ3) is 4.03. The highest BCUT2D eigenvalue weighted by atomic mass is 32.2. The van der Waals surface area contributed by atoms with Gasteiger partial charge in [-0.05, 0) is 65.1 Å². The third-order valence-electron chi connectivity index (χ3n) is 4.85. The minimum atomic E-state index is -3.39. The van der Waals surface area contributed by atoms with Gasteiger partial charge in [0.25, 0.3) is 0 Å². The molecule has 0 aromatic heterocycles. The van der Waals surface area contributed by atoms with Gasteiger partial charge in [-0.15, -0.1) is 0 Å². The maximum atomic E-state index is 14.2. The summed E-state index contributed by atoms with van der Waals surface area (Å²) in [6.45, 7) is 2.30. The van der Waals surface area contributed by atoms with Crippen molar-refractivity contribution in [1.82, 2.24) is 0 Å². The van der Waals surface area contributed by atoms with Crippen LogP contribution in [0.15, 0.2) is 66.7 Å². The number of rotatable bonds is 3. The van der Waals surface area contributed by atoms with E-state index in [2.05, 4.69) is 4.72 Å². The first-order valence-corrected chi connectivity index (χ1v) is 11.0. The van der Waals surface area contributed by atoms with Crippen molar-refractivity contribution >= 4 is 26.9 Å². The van der Waals surface area contributed by atoms with Crippen LogP contribution in [-0.2, 0) is 16.6 Å². The maximum Gasteiger partial charge on any atom is 0.229 e. The molecule has 0 aliphatic carbocycles. The molecule has 148 valence electrons. The Morgan fingerprint density at radius 3 is 2.59 bits per heavy atom. The molecule has 4 rings (SSSR count). The molecule has 6 heteroatoms. The number of hydrogen-bond donors (Lipinski definition) is 1. The summed E-state index contributed by atoms with van der Waals surface area (Å²) in [5.41, 5.74) is 5.60. The van der Waals surface area contributed by atoms with Crippen molar-refractivity contribution in [3.8, 4) is 5.75 Å². The molecule has 3 aromatic carbocycles. The van der Waals surface area contributed by atoms with E-state index in [1.807, 2.05) is 37.3 Å². The summed E-state index contributed by atoms with van der Waals surface area (Å²) in [7, 11) is -3.39. The van der Waals surface area contributed by atoms with Gasteiger partial charge in [0.05, 0.1) is 6.26 Å². The molecule has 0 fully saturated rings. The van der Waals surface area contributed by atoms with Gasteiger partial charge in [0.2, 0.25) is 10.0 Å². The van der Waals surface area contributed by atoms with E-state index in [9.17, 15) is 12.8 Å². The summed E-state index contributed by atoms with van der Waals surface area (Å²) in [4.78, 5) is 0. The molecule has 0 saturated carbocycles. The van der Waals surface area contributed by atoms with E-state index in [-0.39, 0.29) is 5.82 Å². The van der Waals surface area contributed by atoms with Crippen LogP contribution >= 0.6 is 0 Å². The molecule has 0 saturated heterocycles. The quantitative estimate of drug-likeness (QED) is 0.657. The fourth-order valence-electron chi connectivity index (χ4n) is 3.59. The summed E-state index contributed by atoms with van der Waals surface area (Å²) < 4.78 is 45.9. The molecule has 1 aliphatic rings. The van der Waals surface area contributed by atoms with E-state index in [0.29, 0.717) is 12.3 Å². The third-order valence-corrected chi connectivity index (χ3v) is 5.46. The smallest absolute Gasteiger partial charge is 0.229 e. The predicted molar refractivity (Wildman–Crippen MR) is 114 cm³/mol. The van der Waals surface area contributed by atoms with Crippen molar-refractivity contribution in [3.05, 3.63) is 94.8 Å². The minimum Gasteiger partial charge on any atom is -0.488 e. The number of sulfonamides is 1. The molecule has 0 unspecified atom stereocenters. The summed E-state index contributed by atoms with van der Waals surface area (Å²) >= 11 is 0. The first kappa shape index (κ1) is 19.2. The topological polar surface area (TPSA) is 55.4 Å². The van der Waals surface area contributed by atoms with Crippen LogP contribution in [0, 0.1) is 5.82 Å². The van der Waals surface area contributed by atoms with Crippen molar-refractivity contribution in [2.75, 3.05) is 11.0 Å². The predicted octanol–water partition coefficient (Wildman–Crippen LogP) is 5.07. The number of allylic oxidation sites excluding steroid dienone is 1. The zero-order chi connectivity index (χ0) is 20.6. The van der Waals surface area contributed by atoms with E-state index >= 15 is 0 Å². The fourth-order valence-corrected chi connectivity index (χ4v) is 4.14. The highest BCUT2D eigenvalue weighted by molar-refractivity contribution is 7.92. The minimum absolute atomic E-state index is 0.319. The number of nitrogens with one attached hydrogen (secondary N) is 1. The van der Waals surface area contributed by atoms with E-state index in [4.69, 9.17) is 4.74 Å². The molecule has 0 amide bonds. The second kappa shape index (κ2) is 7.37. The standard InChI is InChI=1S/C23H20FNO3S/c1-15(16-6-5-7-19(12-16)25-29(2,26)27)23-20-8-3-4-9-22(20)28-14-17-10-11-18(24)13-21(17)23/h3-13,25H,14H2,1-2H3/b23-15+. The van der Waals surface area contributed by atoms with Gasteiger partial charge in [0.1, 0.15) is 18.2 Å². The first-order chi connectivity index (χ1) is 13.8. The van der Waals surface area contributed by atoms with E-state index in [0.717, 1.165) is 45.4 Å². The average Bonchev–Trinajstić information content (AvgIpc) is 2.83. The monoisotopic (exact) mass is 409 g/mol. The largest absolute Gasteiger partial charge is 0.488 e. The lowest BCUT2D eigenvalue weighted by atomic mass is 9.88. The number of fused-ring (bicyclic) bond motifs is 2. The number of halogens is 1. The summed E-state index contributed by atoms with van der Waals surface area (Å²) in [5, 5.41) is 0. The fraction of sp³-hybridized carbons (Fsp3) is 0.130. The van der Waals surface area contributed by atoms with Gasteiger partial charge in [-0.2, -0.15) is 0 Å². The Morgan fingerprint density at radius 2 is 1.79 bits per heavy atom.